The van der Waals surface area contributed by atoms with Gasteiger partial charge in [-0.3, -0.25) is 14.7 Å². The Labute approximate surface area is 210 Å². The monoisotopic (exact) mass is 514 g/mol. The van der Waals surface area contributed by atoms with E-state index in [4.69, 9.17) is 27.9 Å². The van der Waals surface area contributed by atoms with Gasteiger partial charge in [-0.1, -0.05) is 71.4 Å². The summed E-state index contributed by atoms with van der Waals surface area (Å²) in [4.78, 5) is 11.1. The molecule has 0 N–H and O–H groups in total. The summed E-state index contributed by atoms with van der Waals surface area (Å²) in [5.74, 6) is 1.19. The molecule has 1 atom stereocenters. The topological polar surface area (TPSA) is 83.1 Å². The Balaban J connectivity index is 1.56. The van der Waals surface area contributed by atoms with Crippen LogP contribution in [0.4, 0.5) is 0 Å². The lowest BCUT2D eigenvalue weighted by Gasteiger charge is -2.16. The van der Waals surface area contributed by atoms with Crippen molar-refractivity contribution in [3.8, 4) is 11.4 Å². The molecule has 0 saturated carbocycles. The summed E-state index contributed by atoms with van der Waals surface area (Å²) in [5, 5.41) is 21.0. The van der Waals surface area contributed by atoms with E-state index in [1.165, 1.54) is 11.8 Å². The van der Waals surface area contributed by atoms with Gasteiger partial charge in [0.05, 0.1) is 5.02 Å². The minimum absolute atomic E-state index is 0.299. The molecular weight excluding hydrogens is 495 g/mol. The molecule has 4 aromatic rings. The fraction of sp³-hybridized carbons (Fsp3) is 0.167. The molecule has 0 aliphatic rings. The number of aromatic nitrogens is 3. The van der Waals surface area contributed by atoms with Gasteiger partial charge >= 0.3 is 0 Å². The Morgan fingerprint density at radius 1 is 1.06 bits per heavy atom. The predicted molar refractivity (Wildman–Crippen MR) is 134 cm³/mol. The largest absolute Gasteiger partial charge is 0.487 e. The molecular formula is C24H20Cl2N4O3S. The second kappa shape index (κ2) is 10.9. The molecule has 0 amide bonds. The number of hydrogen-bond acceptors (Lipinski definition) is 6. The molecule has 0 aliphatic carbocycles. The van der Waals surface area contributed by atoms with Gasteiger partial charge in [-0.2, -0.15) is 0 Å². The van der Waals surface area contributed by atoms with Crippen molar-refractivity contribution < 1.29 is 9.66 Å². The molecule has 0 saturated heterocycles. The standard InChI is InChI=1S/C24H20Cl2N4O3S/c1-16-27-28-24(30(16)20-5-3-2-4-6-20)34-23(14-29(31)32)18-9-12-22(21(26)13-18)33-15-17-7-10-19(25)11-8-17/h2-13,23H,14-15H2,1H3/t23-/m0/s1. The van der Waals surface area contributed by atoms with Gasteiger partial charge in [0.15, 0.2) is 5.16 Å². The Hall–Kier alpha value is -3.07. The molecule has 7 nitrogen and oxygen atoms in total. The molecule has 4 rings (SSSR count). The van der Waals surface area contributed by atoms with Crippen LogP contribution in [-0.2, 0) is 6.61 Å². The minimum atomic E-state index is -0.524. The Kier molecular flexibility index (Phi) is 7.72. The van der Waals surface area contributed by atoms with Gasteiger partial charge in [0.25, 0.3) is 0 Å². The van der Waals surface area contributed by atoms with Crippen molar-refractivity contribution in [2.45, 2.75) is 23.9 Å². The maximum atomic E-state index is 11.5. The summed E-state index contributed by atoms with van der Waals surface area (Å²) >= 11 is 13.7. The van der Waals surface area contributed by atoms with E-state index >= 15 is 0 Å². The van der Waals surface area contributed by atoms with E-state index < -0.39 is 5.25 Å². The first-order chi connectivity index (χ1) is 16.4. The van der Waals surface area contributed by atoms with Crippen molar-refractivity contribution in [2.24, 2.45) is 0 Å². The van der Waals surface area contributed by atoms with Crippen LogP contribution in [0.3, 0.4) is 0 Å². The van der Waals surface area contributed by atoms with Crippen molar-refractivity contribution >= 4 is 35.0 Å². The molecule has 3 aromatic carbocycles. The number of nitro groups is 1. The first-order valence-corrected chi connectivity index (χ1v) is 12.0. The molecule has 34 heavy (non-hydrogen) atoms. The zero-order chi connectivity index (χ0) is 24.1. The van der Waals surface area contributed by atoms with Gasteiger partial charge < -0.3 is 4.74 Å². The number of aryl methyl sites for hydroxylation is 1. The normalized spacial score (nSPS) is 11.9. The molecule has 1 heterocycles. The highest BCUT2D eigenvalue weighted by Crippen LogP contribution is 2.38. The van der Waals surface area contributed by atoms with E-state index in [1.54, 1.807) is 30.3 Å². The van der Waals surface area contributed by atoms with Crippen LogP contribution in [0.25, 0.3) is 5.69 Å². The molecule has 0 aliphatic heterocycles. The van der Waals surface area contributed by atoms with E-state index in [9.17, 15) is 10.1 Å². The summed E-state index contributed by atoms with van der Waals surface area (Å²) in [6, 6.07) is 22.2. The van der Waals surface area contributed by atoms with Gasteiger partial charge in [0, 0.05) is 15.6 Å². The predicted octanol–water partition coefficient (Wildman–Crippen LogP) is 6.57. The van der Waals surface area contributed by atoms with E-state index in [-0.39, 0.29) is 11.5 Å². The Morgan fingerprint density at radius 3 is 2.47 bits per heavy atom. The third kappa shape index (κ3) is 5.88. The molecule has 10 heteroatoms. The number of rotatable bonds is 9. The van der Waals surface area contributed by atoms with Gasteiger partial charge in [-0.25, -0.2) is 0 Å². The van der Waals surface area contributed by atoms with E-state index in [0.29, 0.717) is 38.9 Å². The molecule has 0 bridgehead atoms. The maximum Gasteiger partial charge on any atom is 0.220 e. The first-order valence-electron chi connectivity index (χ1n) is 10.3. The lowest BCUT2D eigenvalue weighted by molar-refractivity contribution is -0.479. The van der Waals surface area contributed by atoms with Crippen LogP contribution in [0.1, 0.15) is 22.2 Å². The van der Waals surface area contributed by atoms with Gasteiger partial charge in [-0.15, -0.1) is 10.2 Å². The Morgan fingerprint density at radius 2 is 1.79 bits per heavy atom. The van der Waals surface area contributed by atoms with Gasteiger partial charge in [0.2, 0.25) is 6.54 Å². The summed E-state index contributed by atoms with van der Waals surface area (Å²) in [7, 11) is 0. The average Bonchev–Trinajstić information content (AvgIpc) is 3.19. The number of ether oxygens (including phenoxy) is 1. The first kappa shape index (κ1) is 24.1. The zero-order valence-corrected chi connectivity index (χ0v) is 20.4. The smallest absolute Gasteiger partial charge is 0.220 e. The van der Waals surface area contributed by atoms with Gasteiger partial charge in [0.1, 0.15) is 23.4 Å². The van der Waals surface area contributed by atoms with Crippen molar-refractivity contribution in [3.63, 3.8) is 0 Å². The van der Waals surface area contributed by atoms with Crippen molar-refractivity contribution in [2.75, 3.05) is 6.54 Å². The quantitative estimate of drug-likeness (QED) is 0.142. The Bertz CT molecular complexity index is 1280. The molecule has 0 spiro atoms. The lowest BCUT2D eigenvalue weighted by Crippen LogP contribution is -2.11. The summed E-state index contributed by atoms with van der Waals surface area (Å²) in [6.07, 6.45) is 0. The average molecular weight is 515 g/mol. The number of hydrogen-bond donors (Lipinski definition) is 0. The second-order valence-corrected chi connectivity index (χ2v) is 9.44. The number of benzene rings is 3. The zero-order valence-electron chi connectivity index (χ0n) is 18.1. The third-order valence-corrected chi connectivity index (χ3v) is 6.74. The van der Waals surface area contributed by atoms with E-state index in [0.717, 1.165) is 11.3 Å². The van der Waals surface area contributed by atoms with Crippen LogP contribution in [0.2, 0.25) is 10.0 Å². The number of halogens is 2. The summed E-state index contributed by atoms with van der Waals surface area (Å²) in [5.41, 5.74) is 2.53. The van der Waals surface area contributed by atoms with Crippen molar-refractivity contribution in [1.29, 1.82) is 0 Å². The molecule has 0 fully saturated rings. The summed E-state index contributed by atoms with van der Waals surface area (Å²) in [6.45, 7) is 1.87. The fourth-order valence-corrected chi connectivity index (χ4v) is 4.88. The van der Waals surface area contributed by atoms with Crippen LogP contribution in [0, 0.1) is 17.0 Å². The minimum Gasteiger partial charge on any atom is -0.487 e. The third-order valence-electron chi connectivity index (χ3n) is 5.01. The van der Waals surface area contributed by atoms with E-state index in [1.807, 2.05) is 54.0 Å². The highest BCUT2D eigenvalue weighted by atomic mass is 35.5. The molecule has 174 valence electrons. The SMILES string of the molecule is Cc1nnc(S[C@@H](C[N+](=O)[O-])c2ccc(OCc3ccc(Cl)cc3)c(Cl)c2)n1-c1ccccc1. The van der Waals surface area contributed by atoms with E-state index in [2.05, 4.69) is 10.2 Å². The lowest BCUT2D eigenvalue weighted by atomic mass is 10.1. The van der Waals surface area contributed by atoms with Crippen LogP contribution in [0.15, 0.2) is 78.0 Å². The number of thioether (sulfide) groups is 1. The van der Waals surface area contributed by atoms with Crippen molar-refractivity contribution in [3.05, 3.63) is 110 Å². The second-order valence-electron chi connectivity index (χ2n) is 7.43. The highest BCUT2D eigenvalue weighted by Gasteiger charge is 2.24. The van der Waals surface area contributed by atoms with Crippen molar-refractivity contribution in [1.82, 2.24) is 14.8 Å². The highest BCUT2D eigenvalue weighted by molar-refractivity contribution is 7.99. The van der Waals surface area contributed by atoms with Crippen LogP contribution in [-0.4, -0.2) is 26.2 Å². The van der Waals surface area contributed by atoms with Crippen LogP contribution < -0.4 is 4.74 Å². The fourth-order valence-electron chi connectivity index (χ4n) is 3.34. The molecule has 1 aromatic heterocycles. The van der Waals surface area contributed by atoms with Gasteiger partial charge in [-0.05, 0) is 54.4 Å². The summed E-state index contributed by atoms with van der Waals surface area (Å²) < 4.78 is 7.71. The number of nitrogens with zero attached hydrogens (tertiary/aromatic N) is 4. The molecule has 0 unspecified atom stereocenters. The van der Waals surface area contributed by atoms with Crippen LogP contribution >= 0.6 is 35.0 Å². The molecule has 0 radical (unpaired) electrons. The number of para-hydroxylation sites is 1. The van der Waals surface area contributed by atoms with Crippen LogP contribution in [0.5, 0.6) is 5.75 Å². The maximum absolute atomic E-state index is 11.5.